The second-order valence-corrected chi connectivity index (χ2v) is 5.81. The van der Waals surface area contributed by atoms with Gasteiger partial charge in [0.15, 0.2) is 0 Å². The summed E-state index contributed by atoms with van der Waals surface area (Å²) in [5, 5.41) is 8.44. The van der Waals surface area contributed by atoms with Crippen LogP contribution in [-0.2, 0) is 4.79 Å². The molecule has 1 atom stereocenters. The molecule has 0 heterocycles. The van der Waals surface area contributed by atoms with E-state index in [2.05, 4.69) is 16.0 Å². The van der Waals surface area contributed by atoms with E-state index in [-0.39, 0.29) is 18.0 Å². The standard InChI is InChI=1S/C14H27N3O2/c1-10(2)9-15-13(18)11(3)16-14(19)17-12-7-5-4-6-8-12/h10-12H,4-9H2,1-3H3,(H,15,18)(H2,16,17,19). The normalized spacial score (nSPS) is 17.9. The molecule has 1 aliphatic rings. The maximum absolute atomic E-state index is 11.8. The fraction of sp³-hybridized carbons (Fsp3) is 0.857. The van der Waals surface area contributed by atoms with Crippen LogP contribution in [0, 0.1) is 5.92 Å². The van der Waals surface area contributed by atoms with Gasteiger partial charge in [-0.15, -0.1) is 0 Å². The molecule has 1 aliphatic carbocycles. The summed E-state index contributed by atoms with van der Waals surface area (Å²) in [5.74, 6) is 0.278. The number of hydrogen-bond donors (Lipinski definition) is 3. The number of urea groups is 1. The summed E-state index contributed by atoms with van der Waals surface area (Å²) in [7, 11) is 0. The molecule has 0 aromatic carbocycles. The van der Waals surface area contributed by atoms with Crippen molar-refractivity contribution in [1.82, 2.24) is 16.0 Å². The summed E-state index contributed by atoms with van der Waals surface area (Å²) in [6, 6.07) is -0.471. The molecule has 0 bridgehead atoms. The molecule has 3 amide bonds. The van der Waals surface area contributed by atoms with Crippen LogP contribution >= 0.6 is 0 Å². The zero-order valence-corrected chi connectivity index (χ0v) is 12.3. The molecule has 0 aromatic heterocycles. The SMILES string of the molecule is CC(C)CNC(=O)C(C)NC(=O)NC1CCCCC1. The summed E-state index contributed by atoms with van der Waals surface area (Å²) < 4.78 is 0. The van der Waals surface area contributed by atoms with Crippen LogP contribution in [0.2, 0.25) is 0 Å². The lowest BCUT2D eigenvalue weighted by Crippen LogP contribution is -2.51. The van der Waals surface area contributed by atoms with Crippen molar-refractivity contribution in [3.05, 3.63) is 0 Å². The second-order valence-electron chi connectivity index (χ2n) is 5.81. The van der Waals surface area contributed by atoms with Gasteiger partial charge in [-0.1, -0.05) is 33.1 Å². The number of amides is 3. The van der Waals surface area contributed by atoms with E-state index < -0.39 is 6.04 Å². The van der Waals surface area contributed by atoms with Gasteiger partial charge in [-0.05, 0) is 25.7 Å². The first-order valence-electron chi connectivity index (χ1n) is 7.33. The molecule has 1 rings (SSSR count). The van der Waals surface area contributed by atoms with E-state index in [1.54, 1.807) is 6.92 Å². The molecular weight excluding hydrogens is 242 g/mol. The van der Waals surface area contributed by atoms with E-state index in [9.17, 15) is 9.59 Å². The third kappa shape index (κ3) is 6.45. The summed E-state index contributed by atoms with van der Waals surface area (Å²) >= 11 is 0. The lowest BCUT2D eigenvalue weighted by molar-refractivity contribution is -0.122. The van der Waals surface area contributed by atoms with Crippen LogP contribution in [0.5, 0.6) is 0 Å². The second kappa shape index (κ2) is 8.02. The Labute approximate surface area is 115 Å². The van der Waals surface area contributed by atoms with Gasteiger partial charge in [0.1, 0.15) is 6.04 Å². The summed E-state index contributed by atoms with van der Waals surface area (Å²) in [6.07, 6.45) is 5.70. The number of carbonyl (C=O) groups is 2. The Morgan fingerprint density at radius 3 is 2.32 bits per heavy atom. The molecule has 0 aliphatic heterocycles. The van der Waals surface area contributed by atoms with Gasteiger partial charge in [-0.3, -0.25) is 4.79 Å². The van der Waals surface area contributed by atoms with Crippen molar-refractivity contribution in [3.63, 3.8) is 0 Å². The first kappa shape index (κ1) is 15.8. The van der Waals surface area contributed by atoms with E-state index in [1.165, 1.54) is 19.3 Å². The van der Waals surface area contributed by atoms with Crippen LogP contribution in [0.15, 0.2) is 0 Å². The van der Waals surface area contributed by atoms with E-state index in [4.69, 9.17) is 0 Å². The molecule has 0 spiro atoms. The van der Waals surface area contributed by atoms with Gasteiger partial charge in [-0.2, -0.15) is 0 Å². The predicted octanol–water partition coefficient (Wildman–Crippen LogP) is 1.78. The molecule has 110 valence electrons. The average Bonchev–Trinajstić information content (AvgIpc) is 2.36. The topological polar surface area (TPSA) is 70.2 Å². The van der Waals surface area contributed by atoms with Gasteiger partial charge in [-0.25, -0.2) is 4.79 Å². The van der Waals surface area contributed by atoms with Crippen molar-refractivity contribution in [2.45, 2.75) is 65.0 Å². The maximum Gasteiger partial charge on any atom is 0.315 e. The van der Waals surface area contributed by atoms with Crippen LogP contribution in [0.25, 0.3) is 0 Å². The Bertz CT molecular complexity index is 299. The molecule has 1 fully saturated rings. The zero-order valence-electron chi connectivity index (χ0n) is 12.3. The Morgan fingerprint density at radius 1 is 1.11 bits per heavy atom. The van der Waals surface area contributed by atoms with Crippen LogP contribution in [0.3, 0.4) is 0 Å². The third-order valence-electron chi connectivity index (χ3n) is 3.37. The quantitative estimate of drug-likeness (QED) is 0.712. The van der Waals surface area contributed by atoms with Crippen molar-refractivity contribution in [3.8, 4) is 0 Å². The minimum atomic E-state index is -0.498. The minimum Gasteiger partial charge on any atom is -0.354 e. The fourth-order valence-corrected chi connectivity index (χ4v) is 2.19. The summed E-state index contributed by atoms with van der Waals surface area (Å²) in [4.78, 5) is 23.5. The zero-order chi connectivity index (χ0) is 14.3. The first-order chi connectivity index (χ1) is 8.99. The first-order valence-corrected chi connectivity index (χ1v) is 7.33. The molecule has 0 saturated heterocycles. The Kier molecular flexibility index (Phi) is 6.67. The highest BCUT2D eigenvalue weighted by molar-refractivity contribution is 5.86. The maximum atomic E-state index is 11.8. The van der Waals surface area contributed by atoms with Crippen LogP contribution in [-0.4, -0.2) is 30.6 Å². The van der Waals surface area contributed by atoms with Crippen molar-refractivity contribution in [2.75, 3.05) is 6.54 Å². The van der Waals surface area contributed by atoms with E-state index in [0.29, 0.717) is 12.5 Å². The van der Waals surface area contributed by atoms with Gasteiger partial charge in [0.05, 0.1) is 0 Å². The van der Waals surface area contributed by atoms with Crippen molar-refractivity contribution >= 4 is 11.9 Å². The molecule has 5 nitrogen and oxygen atoms in total. The lowest BCUT2D eigenvalue weighted by atomic mass is 9.96. The summed E-state index contributed by atoms with van der Waals surface area (Å²) in [5.41, 5.74) is 0. The average molecular weight is 269 g/mol. The Morgan fingerprint density at radius 2 is 1.74 bits per heavy atom. The van der Waals surface area contributed by atoms with Crippen molar-refractivity contribution in [2.24, 2.45) is 5.92 Å². The molecular formula is C14H27N3O2. The molecule has 0 aromatic rings. The van der Waals surface area contributed by atoms with Crippen LogP contribution in [0.4, 0.5) is 4.79 Å². The monoisotopic (exact) mass is 269 g/mol. The molecule has 0 radical (unpaired) electrons. The smallest absolute Gasteiger partial charge is 0.315 e. The van der Waals surface area contributed by atoms with E-state index in [1.807, 2.05) is 13.8 Å². The predicted molar refractivity (Wildman–Crippen MR) is 75.9 cm³/mol. The fourth-order valence-electron chi connectivity index (χ4n) is 2.19. The largest absolute Gasteiger partial charge is 0.354 e. The van der Waals surface area contributed by atoms with Crippen molar-refractivity contribution in [1.29, 1.82) is 0 Å². The molecule has 1 unspecified atom stereocenters. The summed E-state index contributed by atoms with van der Waals surface area (Å²) in [6.45, 7) is 6.41. The molecule has 1 saturated carbocycles. The van der Waals surface area contributed by atoms with Gasteiger partial charge >= 0.3 is 6.03 Å². The molecule has 19 heavy (non-hydrogen) atoms. The highest BCUT2D eigenvalue weighted by atomic mass is 16.2. The van der Waals surface area contributed by atoms with E-state index >= 15 is 0 Å². The number of rotatable bonds is 5. The number of nitrogens with one attached hydrogen (secondary N) is 3. The minimum absolute atomic E-state index is 0.132. The van der Waals surface area contributed by atoms with Crippen LogP contribution in [0.1, 0.15) is 52.9 Å². The third-order valence-corrected chi connectivity index (χ3v) is 3.37. The van der Waals surface area contributed by atoms with Gasteiger partial charge in [0.25, 0.3) is 0 Å². The highest BCUT2D eigenvalue weighted by Crippen LogP contribution is 2.17. The molecule has 5 heteroatoms. The van der Waals surface area contributed by atoms with Crippen molar-refractivity contribution < 1.29 is 9.59 Å². The number of hydrogen-bond acceptors (Lipinski definition) is 2. The highest BCUT2D eigenvalue weighted by Gasteiger charge is 2.19. The molecule has 3 N–H and O–H groups in total. The van der Waals surface area contributed by atoms with Gasteiger partial charge < -0.3 is 16.0 Å². The number of carbonyl (C=O) groups excluding carboxylic acids is 2. The Hall–Kier alpha value is -1.26. The van der Waals surface area contributed by atoms with E-state index in [0.717, 1.165) is 12.8 Å². The Balaban J connectivity index is 2.24. The van der Waals surface area contributed by atoms with Gasteiger partial charge in [0, 0.05) is 12.6 Å². The lowest BCUT2D eigenvalue weighted by Gasteiger charge is -2.24. The van der Waals surface area contributed by atoms with Crippen LogP contribution < -0.4 is 16.0 Å². The van der Waals surface area contributed by atoms with Gasteiger partial charge in [0.2, 0.25) is 5.91 Å².